The van der Waals surface area contributed by atoms with Crippen LogP contribution in [0.2, 0.25) is 0 Å². The van der Waals surface area contributed by atoms with Crippen LogP contribution in [0.3, 0.4) is 0 Å². The number of methoxy groups -OCH3 is 1. The Morgan fingerprint density at radius 3 is 2.53 bits per heavy atom. The zero-order valence-corrected chi connectivity index (χ0v) is 12.0. The summed E-state index contributed by atoms with van der Waals surface area (Å²) in [4.78, 5) is 3.75. The zero-order chi connectivity index (χ0) is 12.8. The van der Waals surface area contributed by atoms with Crippen LogP contribution in [0.15, 0.2) is 17.5 Å². The summed E-state index contributed by atoms with van der Waals surface area (Å²) in [5.41, 5.74) is 6.16. The van der Waals surface area contributed by atoms with Crippen LogP contribution in [0.1, 0.15) is 31.7 Å². The highest BCUT2D eigenvalue weighted by Crippen LogP contribution is 2.28. The standard InChI is InChI=1S/C13H24N2OS/c1-10(2)15(7-8-16-4)13(11(3)14)12-6-5-9-17-12/h5-6,9-11,13H,7-8,14H2,1-4H3. The zero-order valence-electron chi connectivity index (χ0n) is 11.2. The first-order chi connectivity index (χ1) is 8.07. The van der Waals surface area contributed by atoms with Gasteiger partial charge in [-0.3, -0.25) is 4.90 Å². The topological polar surface area (TPSA) is 38.5 Å². The van der Waals surface area contributed by atoms with Crippen LogP contribution in [0.5, 0.6) is 0 Å². The molecule has 17 heavy (non-hydrogen) atoms. The molecule has 0 saturated carbocycles. The lowest BCUT2D eigenvalue weighted by atomic mass is 10.1. The first-order valence-electron chi connectivity index (χ1n) is 6.11. The minimum atomic E-state index is 0.118. The number of rotatable bonds is 7. The molecule has 1 aromatic rings. The highest BCUT2D eigenvalue weighted by atomic mass is 32.1. The number of ether oxygens (including phenoxy) is 1. The maximum Gasteiger partial charge on any atom is 0.0593 e. The van der Waals surface area contributed by atoms with Gasteiger partial charge in [0.15, 0.2) is 0 Å². The molecule has 0 aliphatic rings. The molecule has 0 bridgehead atoms. The van der Waals surface area contributed by atoms with E-state index in [4.69, 9.17) is 10.5 Å². The van der Waals surface area contributed by atoms with Crippen molar-refractivity contribution in [2.75, 3.05) is 20.3 Å². The van der Waals surface area contributed by atoms with Crippen molar-refractivity contribution in [1.29, 1.82) is 0 Å². The Hall–Kier alpha value is -0.420. The summed E-state index contributed by atoms with van der Waals surface area (Å²) in [7, 11) is 1.74. The van der Waals surface area contributed by atoms with Gasteiger partial charge in [0.05, 0.1) is 12.6 Å². The van der Waals surface area contributed by atoms with Gasteiger partial charge < -0.3 is 10.5 Å². The molecule has 0 fully saturated rings. The Labute approximate surface area is 109 Å². The molecule has 1 aromatic heterocycles. The first kappa shape index (κ1) is 14.6. The van der Waals surface area contributed by atoms with Gasteiger partial charge in [0, 0.05) is 30.6 Å². The Kier molecular flexibility index (Phi) is 6.12. The van der Waals surface area contributed by atoms with Crippen LogP contribution in [-0.4, -0.2) is 37.2 Å². The second-order valence-electron chi connectivity index (χ2n) is 4.64. The van der Waals surface area contributed by atoms with Gasteiger partial charge in [-0.15, -0.1) is 11.3 Å². The van der Waals surface area contributed by atoms with E-state index in [1.54, 1.807) is 18.4 Å². The Morgan fingerprint density at radius 2 is 2.12 bits per heavy atom. The van der Waals surface area contributed by atoms with Crippen LogP contribution in [-0.2, 0) is 4.74 Å². The van der Waals surface area contributed by atoms with Gasteiger partial charge in [-0.1, -0.05) is 6.07 Å². The average molecular weight is 256 g/mol. The van der Waals surface area contributed by atoms with Crippen molar-refractivity contribution in [2.24, 2.45) is 5.73 Å². The largest absolute Gasteiger partial charge is 0.383 e. The molecule has 4 heteroatoms. The quantitative estimate of drug-likeness (QED) is 0.814. The minimum absolute atomic E-state index is 0.118. The average Bonchev–Trinajstić information content (AvgIpc) is 2.76. The molecule has 98 valence electrons. The molecule has 2 unspecified atom stereocenters. The van der Waals surface area contributed by atoms with Crippen molar-refractivity contribution in [2.45, 2.75) is 38.9 Å². The van der Waals surface area contributed by atoms with Crippen LogP contribution >= 0.6 is 11.3 Å². The van der Waals surface area contributed by atoms with Crippen molar-refractivity contribution in [3.05, 3.63) is 22.4 Å². The molecule has 0 saturated heterocycles. The van der Waals surface area contributed by atoms with E-state index >= 15 is 0 Å². The molecule has 0 spiro atoms. The number of thiophene rings is 1. The maximum atomic E-state index is 6.16. The lowest BCUT2D eigenvalue weighted by Gasteiger charge is -2.36. The molecule has 1 heterocycles. The van der Waals surface area contributed by atoms with Crippen LogP contribution in [0, 0.1) is 0 Å². The van der Waals surface area contributed by atoms with E-state index in [9.17, 15) is 0 Å². The summed E-state index contributed by atoms with van der Waals surface area (Å²) in [5, 5.41) is 2.11. The number of hydrogen-bond donors (Lipinski definition) is 1. The summed E-state index contributed by atoms with van der Waals surface area (Å²) in [5.74, 6) is 0. The summed E-state index contributed by atoms with van der Waals surface area (Å²) in [6.45, 7) is 8.15. The van der Waals surface area contributed by atoms with E-state index < -0.39 is 0 Å². The van der Waals surface area contributed by atoms with E-state index in [0.29, 0.717) is 6.04 Å². The van der Waals surface area contributed by atoms with Crippen LogP contribution in [0.4, 0.5) is 0 Å². The third-order valence-corrected chi connectivity index (χ3v) is 3.85. The molecule has 0 amide bonds. The third-order valence-electron chi connectivity index (χ3n) is 2.91. The highest BCUT2D eigenvalue weighted by Gasteiger charge is 2.26. The second kappa shape index (κ2) is 7.11. The molecule has 0 aliphatic heterocycles. The van der Waals surface area contributed by atoms with Gasteiger partial charge in [-0.25, -0.2) is 0 Å². The van der Waals surface area contributed by atoms with Crippen molar-refractivity contribution >= 4 is 11.3 Å². The van der Waals surface area contributed by atoms with Gasteiger partial charge >= 0.3 is 0 Å². The van der Waals surface area contributed by atoms with E-state index in [1.807, 2.05) is 0 Å². The Bertz CT molecular complexity index is 298. The molecule has 2 N–H and O–H groups in total. The van der Waals surface area contributed by atoms with Crippen LogP contribution < -0.4 is 5.73 Å². The third kappa shape index (κ3) is 4.07. The molecule has 0 aromatic carbocycles. The van der Waals surface area contributed by atoms with E-state index in [1.165, 1.54) is 4.88 Å². The van der Waals surface area contributed by atoms with Gasteiger partial charge in [0.1, 0.15) is 0 Å². The lowest BCUT2D eigenvalue weighted by Crippen LogP contribution is -2.44. The van der Waals surface area contributed by atoms with E-state index in [2.05, 4.69) is 43.2 Å². The summed E-state index contributed by atoms with van der Waals surface area (Å²) in [6.07, 6.45) is 0. The molecule has 3 nitrogen and oxygen atoms in total. The monoisotopic (exact) mass is 256 g/mol. The minimum Gasteiger partial charge on any atom is -0.383 e. The maximum absolute atomic E-state index is 6.16. The van der Waals surface area contributed by atoms with Crippen molar-refractivity contribution in [1.82, 2.24) is 4.90 Å². The van der Waals surface area contributed by atoms with E-state index in [-0.39, 0.29) is 12.1 Å². The summed E-state index contributed by atoms with van der Waals surface area (Å²) in [6, 6.07) is 5.12. The normalized spacial score (nSPS) is 15.5. The van der Waals surface area contributed by atoms with Crippen molar-refractivity contribution in [3.8, 4) is 0 Å². The SMILES string of the molecule is COCCN(C(C)C)C(c1cccs1)C(C)N. The first-order valence-corrected chi connectivity index (χ1v) is 6.99. The molecule has 0 aliphatic carbocycles. The fourth-order valence-corrected chi connectivity index (χ4v) is 3.06. The van der Waals surface area contributed by atoms with Gasteiger partial charge in [0.2, 0.25) is 0 Å². The number of hydrogen-bond acceptors (Lipinski definition) is 4. The van der Waals surface area contributed by atoms with Crippen LogP contribution in [0.25, 0.3) is 0 Å². The Morgan fingerprint density at radius 1 is 1.41 bits per heavy atom. The molecule has 1 rings (SSSR count). The fourth-order valence-electron chi connectivity index (χ4n) is 2.10. The molecular weight excluding hydrogens is 232 g/mol. The van der Waals surface area contributed by atoms with Gasteiger partial charge in [0.25, 0.3) is 0 Å². The predicted molar refractivity (Wildman–Crippen MR) is 74.4 cm³/mol. The van der Waals surface area contributed by atoms with E-state index in [0.717, 1.165) is 13.2 Å². The summed E-state index contributed by atoms with van der Waals surface area (Å²) < 4.78 is 5.19. The molecule has 2 atom stereocenters. The second-order valence-corrected chi connectivity index (χ2v) is 5.62. The highest BCUT2D eigenvalue weighted by molar-refractivity contribution is 7.10. The van der Waals surface area contributed by atoms with Gasteiger partial charge in [-0.2, -0.15) is 0 Å². The lowest BCUT2D eigenvalue weighted by molar-refractivity contribution is 0.0878. The summed E-state index contributed by atoms with van der Waals surface area (Å²) >= 11 is 1.78. The number of nitrogens with two attached hydrogens (primary N) is 1. The smallest absolute Gasteiger partial charge is 0.0593 e. The predicted octanol–water partition coefficient (Wildman–Crippen LogP) is 2.49. The van der Waals surface area contributed by atoms with Crippen molar-refractivity contribution < 1.29 is 4.74 Å². The van der Waals surface area contributed by atoms with Gasteiger partial charge in [-0.05, 0) is 32.2 Å². The van der Waals surface area contributed by atoms with Crippen molar-refractivity contribution in [3.63, 3.8) is 0 Å². The number of nitrogens with zero attached hydrogens (tertiary/aromatic N) is 1. The fraction of sp³-hybridized carbons (Fsp3) is 0.692. The molecule has 0 radical (unpaired) electrons. The molecular formula is C13H24N2OS. The Balaban J connectivity index is 2.86.